The molecule has 1 saturated heterocycles. The minimum atomic E-state index is -0.0773. The number of benzene rings is 2. The maximum absolute atomic E-state index is 12.7. The molecular weight excluding hydrogens is 502 g/mol. The van der Waals surface area contributed by atoms with E-state index >= 15 is 0 Å². The maximum atomic E-state index is 12.7. The van der Waals surface area contributed by atoms with Crippen LogP contribution in [0.3, 0.4) is 0 Å². The van der Waals surface area contributed by atoms with E-state index in [9.17, 15) is 4.79 Å². The smallest absolute Gasteiger partial charge is 0.321 e. The van der Waals surface area contributed by atoms with E-state index in [1.54, 1.807) is 0 Å². The highest BCUT2D eigenvalue weighted by Crippen LogP contribution is 2.26. The SMILES string of the molecule is CCc1nc(C)nc(N2CCN(C(=O)Nc3ccc(Br)cc3)CC2)c1Cc1ccc(Cl)cc1. The van der Waals surface area contributed by atoms with Gasteiger partial charge in [-0.2, -0.15) is 0 Å². The van der Waals surface area contributed by atoms with Gasteiger partial charge in [0.05, 0.1) is 0 Å². The second kappa shape index (κ2) is 10.5. The van der Waals surface area contributed by atoms with Gasteiger partial charge in [0.1, 0.15) is 11.6 Å². The Balaban J connectivity index is 1.49. The first-order chi connectivity index (χ1) is 15.9. The van der Waals surface area contributed by atoms with Crippen LogP contribution in [0.15, 0.2) is 53.0 Å². The van der Waals surface area contributed by atoms with Crippen molar-refractivity contribution < 1.29 is 4.79 Å². The number of piperazine rings is 1. The van der Waals surface area contributed by atoms with Gasteiger partial charge in [-0.05, 0) is 55.3 Å². The molecule has 1 fully saturated rings. The van der Waals surface area contributed by atoms with Gasteiger partial charge in [-0.15, -0.1) is 0 Å². The maximum Gasteiger partial charge on any atom is 0.321 e. The van der Waals surface area contributed by atoms with Crippen LogP contribution >= 0.6 is 27.5 Å². The van der Waals surface area contributed by atoms with Gasteiger partial charge in [0.2, 0.25) is 0 Å². The highest BCUT2D eigenvalue weighted by molar-refractivity contribution is 9.10. The molecule has 172 valence electrons. The van der Waals surface area contributed by atoms with Crippen LogP contribution in [0.5, 0.6) is 0 Å². The summed E-state index contributed by atoms with van der Waals surface area (Å²) in [5.74, 6) is 1.75. The van der Waals surface area contributed by atoms with Crippen LogP contribution in [0.4, 0.5) is 16.3 Å². The number of carbonyl (C=O) groups is 1. The number of hydrogen-bond donors (Lipinski definition) is 1. The predicted octanol–water partition coefficient (Wildman–Crippen LogP) is 5.71. The lowest BCUT2D eigenvalue weighted by Gasteiger charge is -2.36. The summed E-state index contributed by atoms with van der Waals surface area (Å²) in [5, 5.41) is 3.71. The lowest BCUT2D eigenvalue weighted by molar-refractivity contribution is 0.208. The Labute approximate surface area is 208 Å². The average Bonchev–Trinajstić information content (AvgIpc) is 2.82. The quantitative estimate of drug-likeness (QED) is 0.461. The molecule has 3 aromatic rings. The Morgan fingerprint density at radius 2 is 1.70 bits per heavy atom. The van der Waals surface area contributed by atoms with Crippen LogP contribution in [0, 0.1) is 6.92 Å². The molecule has 1 N–H and O–H groups in total. The third-order valence-corrected chi connectivity index (χ3v) is 6.55. The number of nitrogens with zero attached hydrogens (tertiary/aromatic N) is 4. The number of urea groups is 1. The molecule has 6 nitrogen and oxygen atoms in total. The van der Waals surface area contributed by atoms with Crippen molar-refractivity contribution in [1.29, 1.82) is 0 Å². The number of carbonyl (C=O) groups excluding carboxylic acids is 1. The number of halogens is 2. The number of aromatic nitrogens is 2. The van der Waals surface area contributed by atoms with Crippen molar-refractivity contribution in [2.24, 2.45) is 0 Å². The van der Waals surface area contributed by atoms with Gasteiger partial charge in [-0.25, -0.2) is 14.8 Å². The number of hydrogen-bond acceptors (Lipinski definition) is 4. The molecule has 1 aliphatic heterocycles. The first-order valence-corrected chi connectivity index (χ1v) is 12.3. The third kappa shape index (κ3) is 5.84. The van der Waals surface area contributed by atoms with Gasteiger partial charge in [-0.1, -0.05) is 46.6 Å². The molecule has 0 atom stereocenters. The first kappa shape index (κ1) is 23.5. The van der Waals surface area contributed by atoms with Crippen molar-refractivity contribution in [2.75, 3.05) is 36.4 Å². The van der Waals surface area contributed by atoms with Crippen LogP contribution < -0.4 is 10.2 Å². The van der Waals surface area contributed by atoms with E-state index in [-0.39, 0.29) is 6.03 Å². The Bertz CT molecular complexity index is 1110. The highest BCUT2D eigenvalue weighted by atomic mass is 79.9. The predicted molar refractivity (Wildman–Crippen MR) is 137 cm³/mol. The number of aryl methyl sites for hydroxylation is 2. The van der Waals surface area contributed by atoms with Crippen molar-refractivity contribution in [1.82, 2.24) is 14.9 Å². The summed E-state index contributed by atoms with van der Waals surface area (Å²) in [5.41, 5.74) is 4.19. The molecule has 0 spiro atoms. The monoisotopic (exact) mass is 527 g/mol. The average molecular weight is 529 g/mol. The summed E-state index contributed by atoms with van der Waals surface area (Å²) in [4.78, 5) is 26.4. The van der Waals surface area contributed by atoms with Crippen molar-refractivity contribution in [3.8, 4) is 0 Å². The summed E-state index contributed by atoms with van der Waals surface area (Å²) in [6, 6.07) is 15.5. The van der Waals surface area contributed by atoms with Crippen LogP contribution in [0.1, 0.15) is 29.6 Å². The molecule has 0 bridgehead atoms. The van der Waals surface area contributed by atoms with Gasteiger partial charge < -0.3 is 15.1 Å². The highest BCUT2D eigenvalue weighted by Gasteiger charge is 2.25. The van der Waals surface area contributed by atoms with E-state index in [0.29, 0.717) is 13.1 Å². The molecule has 0 aliphatic carbocycles. The van der Waals surface area contributed by atoms with E-state index in [0.717, 1.165) is 64.0 Å². The Kier molecular flexibility index (Phi) is 7.50. The molecule has 4 rings (SSSR count). The first-order valence-electron chi connectivity index (χ1n) is 11.1. The van der Waals surface area contributed by atoms with Crippen molar-refractivity contribution in [2.45, 2.75) is 26.7 Å². The molecule has 2 aromatic carbocycles. The zero-order valence-corrected chi connectivity index (χ0v) is 21.2. The Morgan fingerprint density at radius 1 is 1.03 bits per heavy atom. The second-order valence-electron chi connectivity index (χ2n) is 8.09. The van der Waals surface area contributed by atoms with Crippen LogP contribution in [-0.4, -0.2) is 47.1 Å². The van der Waals surface area contributed by atoms with Gasteiger partial charge in [0, 0.05) is 59.0 Å². The molecule has 1 aromatic heterocycles. The number of amides is 2. The summed E-state index contributed by atoms with van der Waals surface area (Å²) in [7, 11) is 0. The largest absolute Gasteiger partial charge is 0.353 e. The molecule has 0 radical (unpaired) electrons. The van der Waals surface area contributed by atoms with Crippen molar-refractivity contribution in [3.05, 3.63) is 80.7 Å². The summed E-state index contributed by atoms with van der Waals surface area (Å²) in [6.45, 7) is 6.78. The fraction of sp³-hybridized carbons (Fsp3) is 0.320. The van der Waals surface area contributed by atoms with Gasteiger partial charge in [0.25, 0.3) is 0 Å². The molecule has 2 heterocycles. The van der Waals surface area contributed by atoms with Crippen LogP contribution in [0.25, 0.3) is 0 Å². The van der Waals surface area contributed by atoms with Crippen molar-refractivity contribution in [3.63, 3.8) is 0 Å². The van der Waals surface area contributed by atoms with Crippen LogP contribution in [-0.2, 0) is 12.8 Å². The molecule has 0 unspecified atom stereocenters. The summed E-state index contributed by atoms with van der Waals surface area (Å²) < 4.78 is 0.982. The van der Waals surface area contributed by atoms with E-state index < -0.39 is 0 Å². The lowest BCUT2D eigenvalue weighted by atomic mass is 10.0. The molecule has 8 heteroatoms. The number of anilines is 2. The Morgan fingerprint density at radius 3 is 2.33 bits per heavy atom. The number of rotatable bonds is 5. The number of nitrogens with one attached hydrogen (secondary N) is 1. The van der Waals surface area contributed by atoms with Gasteiger partial charge in [-0.3, -0.25) is 0 Å². The zero-order chi connectivity index (χ0) is 23.4. The topological polar surface area (TPSA) is 61.4 Å². The standard InChI is InChI=1S/C25H27BrClN5O/c1-3-23-22(16-18-4-8-20(27)9-5-18)24(29-17(2)28-23)31-12-14-32(15-13-31)25(33)30-21-10-6-19(26)7-11-21/h4-11H,3,12-16H2,1-2H3,(H,30,33). The van der Waals surface area contributed by atoms with E-state index in [1.165, 1.54) is 5.56 Å². The van der Waals surface area contributed by atoms with E-state index in [4.69, 9.17) is 21.6 Å². The normalized spacial score (nSPS) is 13.8. The van der Waals surface area contributed by atoms with Crippen LogP contribution in [0.2, 0.25) is 5.02 Å². The molecule has 2 amide bonds. The van der Waals surface area contributed by atoms with Gasteiger partial charge >= 0.3 is 6.03 Å². The fourth-order valence-electron chi connectivity index (χ4n) is 4.04. The summed E-state index contributed by atoms with van der Waals surface area (Å²) in [6.07, 6.45) is 1.59. The fourth-order valence-corrected chi connectivity index (χ4v) is 4.43. The zero-order valence-electron chi connectivity index (χ0n) is 18.8. The molecule has 33 heavy (non-hydrogen) atoms. The van der Waals surface area contributed by atoms with Crippen molar-refractivity contribution >= 4 is 45.1 Å². The molecule has 1 aliphatic rings. The molecular formula is C25H27BrClN5O. The minimum absolute atomic E-state index is 0.0773. The summed E-state index contributed by atoms with van der Waals surface area (Å²) >= 11 is 9.49. The third-order valence-electron chi connectivity index (χ3n) is 5.77. The van der Waals surface area contributed by atoms with E-state index in [1.807, 2.05) is 48.2 Å². The second-order valence-corrected chi connectivity index (χ2v) is 9.44. The Hall–Kier alpha value is -2.64. The lowest BCUT2D eigenvalue weighted by Crippen LogP contribution is -2.50. The van der Waals surface area contributed by atoms with E-state index in [2.05, 4.69) is 45.2 Å². The molecule has 0 saturated carbocycles. The van der Waals surface area contributed by atoms with Gasteiger partial charge in [0.15, 0.2) is 0 Å². The minimum Gasteiger partial charge on any atom is -0.353 e.